The number of rotatable bonds is 5. The molecule has 0 bridgehead atoms. The highest BCUT2D eigenvalue weighted by Gasteiger charge is 2.13. The number of benzene rings is 2. The maximum Gasteiger partial charge on any atom is 0.266 e. The molecule has 0 aliphatic rings. The number of nitrogens with zero attached hydrogens (tertiary/aromatic N) is 1. The minimum atomic E-state index is -0.604. The molecule has 0 fully saturated rings. The summed E-state index contributed by atoms with van der Waals surface area (Å²) in [4.78, 5) is 12.4. The quantitative estimate of drug-likeness (QED) is 0.535. The SMILES string of the molecule is COc1cc(C=C(C#N)C(=O)Nc2ccc(OC)c(Cl)c2)c(Br)cc1O. The highest BCUT2D eigenvalue weighted by atomic mass is 79.9. The molecule has 26 heavy (non-hydrogen) atoms. The van der Waals surface area contributed by atoms with Crippen molar-refractivity contribution in [2.75, 3.05) is 19.5 Å². The summed E-state index contributed by atoms with van der Waals surface area (Å²) in [5.74, 6) is 0.0277. The van der Waals surface area contributed by atoms with Crippen molar-refractivity contribution in [1.29, 1.82) is 5.26 Å². The van der Waals surface area contributed by atoms with Crippen LogP contribution in [-0.2, 0) is 4.79 Å². The predicted molar refractivity (Wildman–Crippen MR) is 103 cm³/mol. The molecule has 0 radical (unpaired) electrons. The Morgan fingerprint density at radius 1 is 1.27 bits per heavy atom. The monoisotopic (exact) mass is 436 g/mol. The molecule has 0 unspecified atom stereocenters. The minimum Gasteiger partial charge on any atom is -0.504 e. The summed E-state index contributed by atoms with van der Waals surface area (Å²) in [7, 11) is 2.89. The van der Waals surface area contributed by atoms with Crippen LogP contribution in [0.25, 0.3) is 6.08 Å². The lowest BCUT2D eigenvalue weighted by molar-refractivity contribution is -0.112. The van der Waals surface area contributed by atoms with Gasteiger partial charge < -0.3 is 19.9 Å². The number of hydrogen-bond acceptors (Lipinski definition) is 5. The first-order valence-electron chi connectivity index (χ1n) is 7.22. The Morgan fingerprint density at radius 3 is 2.54 bits per heavy atom. The zero-order valence-corrected chi connectivity index (χ0v) is 16.2. The van der Waals surface area contributed by atoms with E-state index >= 15 is 0 Å². The molecule has 0 aliphatic carbocycles. The zero-order chi connectivity index (χ0) is 19.3. The lowest BCUT2D eigenvalue weighted by Gasteiger charge is -2.09. The van der Waals surface area contributed by atoms with Gasteiger partial charge in [0, 0.05) is 10.2 Å². The fourth-order valence-corrected chi connectivity index (χ4v) is 2.78. The Labute approximate surface area is 163 Å². The number of aromatic hydroxyl groups is 1. The Balaban J connectivity index is 2.30. The van der Waals surface area contributed by atoms with E-state index in [1.807, 2.05) is 6.07 Å². The van der Waals surface area contributed by atoms with Crippen LogP contribution in [0.1, 0.15) is 5.56 Å². The van der Waals surface area contributed by atoms with E-state index in [-0.39, 0.29) is 17.1 Å². The van der Waals surface area contributed by atoms with E-state index in [0.29, 0.717) is 26.5 Å². The maximum absolute atomic E-state index is 12.4. The van der Waals surface area contributed by atoms with Crippen LogP contribution in [0.2, 0.25) is 5.02 Å². The predicted octanol–water partition coefficient (Wildman–Crippen LogP) is 4.37. The van der Waals surface area contributed by atoms with Gasteiger partial charge in [-0.3, -0.25) is 4.79 Å². The third-order valence-corrected chi connectivity index (χ3v) is 4.35. The minimum absolute atomic E-state index is 0.0626. The molecule has 8 heteroatoms. The summed E-state index contributed by atoms with van der Waals surface area (Å²) in [6, 6.07) is 9.52. The van der Waals surface area contributed by atoms with Crippen LogP contribution >= 0.6 is 27.5 Å². The van der Waals surface area contributed by atoms with Gasteiger partial charge in [0.25, 0.3) is 5.91 Å². The van der Waals surface area contributed by atoms with Crippen molar-refractivity contribution in [3.8, 4) is 23.3 Å². The lowest BCUT2D eigenvalue weighted by atomic mass is 10.1. The average molecular weight is 438 g/mol. The second-order valence-electron chi connectivity index (χ2n) is 5.02. The molecule has 2 aromatic rings. The Bertz CT molecular complexity index is 922. The molecule has 1 amide bonds. The van der Waals surface area contributed by atoms with Gasteiger partial charge in [-0.15, -0.1) is 0 Å². The van der Waals surface area contributed by atoms with Crippen LogP contribution in [0.5, 0.6) is 17.2 Å². The molecule has 0 aliphatic heterocycles. The average Bonchev–Trinajstić information content (AvgIpc) is 2.61. The number of anilines is 1. The Morgan fingerprint density at radius 2 is 1.96 bits per heavy atom. The van der Waals surface area contributed by atoms with Crippen LogP contribution in [-0.4, -0.2) is 25.2 Å². The summed E-state index contributed by atoms with van der Waals surface area (Å²) in [5.41, 5.74) is 0.786. The van der Waals surface area contributed by atoms with Crippen molar-refractivity contribution >= 4 is 45.2 Å². The van der Waals surface area contributed by atoms with E-state index in [1.54, 1.807) is 12.1 Å². The van der Waals surface area contributed by atoms with Crippen LogP contribution in [0, 0.1) is 11.3 Å². The molecule has 0 heterocycles. The van der Waals surface area contributed by atoms with Crippen molar-refractivity contribution in [1.82, 2.24) is 0 Å². The number of carbonyl (C=O) groups excluding carboxylic acids is 1. The number of phenols is 1. The third kappa shape index (κ3) is 4.48. The van der Waals surface area contributed by atoms with Crippen molar-refractivity contribution < 1.29 is 19.4 Å². The number of phenolic OH excluding ortho intramolecular Hbond substituents is 1. The summed E-state index contributed by atoms with van der Waals surface area (Å²) in [5, 5.41) is 22.0. The van der Waals surface area contributed by atoms with Crippen LogP contribution < -0.4 is 14.8 Å². The number of amides is 1. The van der Waals surface area contributed by atoms with Gasteiger partial charge in [-0.25, -0.2) is 0 Å². The van der Waals surface area contributed by atoms with Gasteiger partial charge in [0.1, 0.15) is 17.4 Å². The fourth-order valence-electron chi connectivity index (χ4n) is 2.08. The highest BCUT2D eigenvalue weighted by Crippen LogP contribution is 2.33. The first kappa shape index (κ1) is 19.6. The largest absolute Gasteiger partial charge is 0.504 e. The molecule has 2 aromatic carbocycles. The molecule has 0 saturated heterocycles. The molecule has 2 N–H and O–H groups in total. The van der Waals surface area contributed by atoms with Gasteiger partial charge in [0.05, 0.1) is 19.2 Å². The van der Waals surface area contributed by atoms with E-state index in [4.69, 9.17) is 21.1 Å². The van der Waals surface area contributed by atoms with Crippen molar-refractivity contribution in [3.05, 3.63) is 51.0 Å². The molecule has 0 saturated carbocycles. The molecule has 0 spiro atoms. The lowest BCUT2D eigenvalue weighted by Crippen LogP contribution is -2.13. The molecule has 6 nitrogen and oxygen atoms in total. The van der Waals surface area contributed by atoms with E-state index in [2.05, 4.69) is 21.2 Å². The second kappa shape index (κ2) is 8.61. The van der Waals surface area contributed by atoms with Crippen molar-refractivity contribution in [2.24, 2.45) is 0 Å². The van der Waals surface area contributed by atoms with Crippen molar-refractivity contribution in [2.45, 2.75) is 0 Å². The number of carbonyl (C=O) groups is 1. The van der Waals surface area contributed by atoms with Crippen LogP contribution in [0.15, 0.2) is 40.4 Å². The third-order valence-electron chi connectivity index (χ3n) is 3.37. The number of nitrogens with one attached hydrogen (secondary N) is 1. The molecular weight excluding hydrogens is 424 g/mol. The molecule has 0 aromatic heterocycles. The van der Waals surface area contributed by atoms with Gasteiger partial charge >= 0.3 is 0 Å². The van der Waals surface area contributed by atoms with Gasteiger partial charge in [-0.2, -0.15) is 5.26 Å². The zero-order valence-electron chi connectivity index (χ0n) is 13.8. The summed E-state index contributed by atoms with van der Waals surface area (Å²) >= 11 is 9.30. The molecular formula is C18H14BrClN2O4. The van der Waals surface area contributed by atoms with E-state index < -0.39 is 5.91 Å². The van der Waals surface area contributed by atoms with Gasteiger partial charge in [-0.1, -0.05) is 27.5 Å². The number of ether oxygens (including phenoxy) is 2. The number of methoxy groups -OCH3 is 2. The highest BCUT2D eigenvalue weighted by molar-refractivity contribution is 9.10. The van der Waals surface area contributed by atoms with Crippen molar-refractivity contribution in [3.63, 3.8) is 0 Å². The Kier molecular flexibility index (Phi) is 6.50. The van der Waals surface area contributed by atoms with E-state index in [0.717, 1.165) is 0 Å². The number of nitriles is 1. The van der Waals surface area contributed by atoms with Crippen LogP contribution in [0.4, 0.5) is 5.69 Å². The first-order valence-corrected chi connectivity index (χ1v) is 8.40. The van der Waals surface area contributed by atoms with Gasteiger partial charge in [0.15, 0.2) is 11.5 Å². The summed E-state index contributed by atoms with van der Waals surface area (Å²) < 4.78 is 10.6. The summed E-state index contributed by atoms with van der Waals surface area (Å²) in [6.07, 6.45) is 1.38. The van der Waals surface area contributed by atoms with E-state index in [9.17, 15) is 15.2 Å². The first-order chi connectivity index (χ1) is 12.4. The molecule has 2 rings (SSSR count). The normalized spacial score (nSPS) is 10.8. The second-order valence-corrected chi connectivity index (χ2v) is 6.28. The van der Waals surface area contributed by atoms with Crippen LogP contribution in [0.3, 0.4) is 0 Å². The maximum atomic E-state index is 12.4. The number of halogens is 2. The smallest absolute Gasteiger partial charge is 0.266 e. The fraction of sp³-hybridized carbons (Fsp3) is 0.111. The number of hydrogen-bond donors (Lipinski definition) is 2. The van der Waals surface area contributed by atoms with Gasteiger partial charge in [-0.05, 0) is 42.0 Å². The summed E-state index contributed by atoms with van der Waals surface area (Å²) in [6.45, 7) is 0. The van der Waals surface area contributed by atoms with E-state index in [1.165, 1.54) is 38.5 Å². The topological polar surface area (TPSA) is 91.6 Å². The molecule has 0 atom stereocenters. The standard InChI is InChI=1S/C18H14BrClN2O4/c1-25-16-4-3-12(7-14(16)20)22-18(24)11(9-21)5-10-6-17(26-2)15(23)8-13(10)19/h3-8,23H,1-2H3,(H,22,24). The Hall–Kier alpha value is -2.69. The van der Waals surface area contributed by atoms with Gasteiger partial charge in [0.2, 0.25) is 0 Å². The molecule has 134 valence electrons.